The van der Waals surface area contributed by atoms with Crippen molar-refractivity contribution in [1.29, 1.82) is 0 Å². The minimum atomic E-state index is -0.373. The molecule has 28 heavy (non-hydrogen) atoms. The summed E-state index contributed by atoms with van der Waals surface area (Å²) < 4.78 is 0. The zero-order valence-corrected chi connectivity index (χ0v) is 17.1. The van der Waals surface area contributed by atoms with Crippen molar-refractivity contribution < 1.29 is 34.1 Å². The van der Waals surface area contributed by atoms with Gasteiger partial charge >= 0.3 is 0 Å². The summed E-state index contributed by atoms with van der Waals surface area (Å²) in [4.78, 5) is 23.1. The van der Waals surface area contributed by atoms with Gasteiger partial charge in [0.1, 0.15) is 0 Å². The molecular formula is C24H18Fe2O2. The quantitative estimate of drug-likeness (QED) is 0.514. The monoisotopic (exact) mass is 450 g/mol. The van der Waals surface area contributed by atoms with Gasteiger partial charge in [0, 0.05) is 57.1 Å². The van der Waals surface area contributed by atoms with E-state index in [0.717, 1.165) is 11.8 Å². The summed E-state index contributed by atoms with van der Waals surface area (Å²) in [5.41, 5.74) is 0.368. The Hall–Kier alpha value is 0.119. The van der Waals surface area contributed by atoms with Crippen LogP contribution in [0.4, 0.5) is 0 Å². The zero-order valence-electron chi connectivity index (χ0n) is 14.9. The van der Waals surface area contributed by atoms with E-state index in [1.54, 1.807) is 0 Å². The fourth-order valence-electron chi connectivity index (χ4n) is 2.67. The van der Waals surface area contributed by atoms with Crippen LogP contribution in [0.1, 0.15) is 11.1 Å². The van der Waals surface area contributed by atoms with Gasteiger partial charge < -0.3 is 0 Å². The molecule has 0 bridgehead atoms. The van der Waals surface area contributed by atoms with Crippen molar-refractivity contribution in [2.75, 3.05) is 0 Å². The van der Waals surface area contributed by atoms with E-state index in [4.69, 9.17) is 0 Å². The van der Waals surface area contributed by atoms with Gasteiger partial charge in [0.2, 0.25) is 10.9 Å². The minimum absolute atomic E-state index is 0. The van der Waals surface area contributed by atoms with E-state index in [1.807, 2.05) is 116 Å². The molecule has 20 radical (unpaired) electrons. The van der Waals surface area contributed by atoms with Crippen LogP contribution in [0.5, 0.6) is 0 Å². The molecule has 0 N–H and O–H groups in total. The molecule has 0 aromatic heterocycles. The molecule has 4 aliphatic carbocycles. The molecule has 0 spiro atoms. The molecule has 4 saturated carbocycles. The van der Waals surface area contributed by atoms with Gasteiger partial charge in [-0.15, -0.1) is 0 Å². The molecule has 4 fully saturated rings. The molecule has 0 unspecified atom stereocenters. The molecule has 1 aromatic rings. The first kappa shape index (κ1) is 26.2. The fraction of sp³-hybridized carbons (Fsp3) is 0. The van der Waals surface area contributed by atoms with E-state index in [1.165, 1.54) is 0 Å². The number of hydrogen-bond donors (Lipinski definition) is 0. The van der Waals surface area contributed by atoms with Crippen molar-refractivity contribution in [3.63, 3.8) is 0 Å². The Morgan fingerprint density at radius 3 is 0.786 bits per heavy atom. The summed E-state index contributed by atoms with van der Waals surface area (Å²) in [6.45, 7) is 0. The number of hydrogen-bond acceptors (Lipinski definition) is 2. The van der Waals surface area contributed by atoms with E-state index < -0.39 is 0 Å². The average Bonchev–Trinajstić information content (AvgIpc) is 3.49. The van der Waals surface area contributed by atoms with Crippen LogP contribution in [0.3, 0.4) is 0 Å². The molecule has 1 aromatic carbocycles. The van der Waals surface area contributed by atoms with Crippen LogP contribution >= 0.6 is 0 Å². The van der Waals surface area contributed by atoms with Gasteiger partial charge in [-0.1, -0.05) is 0 Å². The molecule has 5 rings (SSSR count). The van der Waals surface area contributed by atoms with Crippen LogP contribution in [-0.2, 0) is 34.1 Å². The Bertz CT molecular complexity index is 529. The predicted molar refractivity (Wildman–Crippen MR) is 103 cm³/mol. The first-order chi connectivity index (χ1) is 12.8. The molecule has 4 aliphatic rings. The SMILES string of the molecule is O=c1c([C]2[CH][CH][CH][CH]2)c([C]2[CH][CH][CH][CH]2)c1=O.[CH]1[CH][CH][CH][CH]1.[CH]1[CH][CH][CH][CH]1.[Fe].[Fe]. The third-order valence-electron chi connectivity index (χ3n) is 3.92. The van der Waals surface area contributed by atoms with E-state index in [0.29, 0.717) is 11.1 Å². The average molecular weight is 450 g/mol. The molecule has 142 valence electrons. The van der Waals surface area contributed by atoms with Crippen molar-refractivity contribution in [1.82, 2.24) is 0 Å². The fourth-order valence-corrected chi connectivity index (χ4v) is 2.67. The molecule has 0 atom stereocenters. The second kappa shape index (κ2) is 14.2. The first-order valence-corrected chi connectivity index (χ1v) is 8.40. The molecule has 4 heteroatoms. The van der Waals surface area contributed by atoms with Gasteiger partial charge in [0.25, 0.3) is 0 Å². The third kappa shape index (κ3) is 7.12. The largest absolute Gasteiger partial charge is 0.285 e. The van der Waals surface area contributed by atoms with Gasteiger partial charge in [-0.25, -0.2) is 0 Å². The van der Waals surface area contributed by atoms with Gasteiger partial charge in [-0.3, -0.25) is 9.59 Å². The van der Waals surface area contributed by atoms with Crippen LogP contribution < -0.4 is 10.9 Å². The van der Waals surface area contributed by atoms with Gasteiger partial charge in [0.05, 0.1) is 0 Å². The summed E-state index contributed by atoms with van der Waals surface area (Å²) in [5.74, 6) is 1.67. The van der Waals surface area contributed by atoms with Crippen LogP contribution in [0.25, 0.3) is 0 Å². The summed E-state index contributed by atoms with van der Waals surface area (Å²) in [7, 11) is 0. The smallest absolute Gasteiger partial charge is 0.230 e. The van der Waals surface area contributed by atoms with Crippen LogP contribution in [-0.4, -0.2) is 0 Å². The van der Waals surface area contributed by atoms with Crippen LogP contribution in [0.2, 0.25) is 0 Å². The van der Waals surface area contributed by atoms with E-state index in [9.17, 15) is 9.59 Å². The van der Waals surface area contributed by atoms with Gasteiger partial charge in [0.15, 0.2) is 0 Å². The topological polar surface area (TPSA) is 34.1 Å². The van der Waals surface area contributed by atoms with E-state index in [-0.39, 0.29) is 45.0 Å². The van der Waals surface area contributed by atoms with Gasteiger partial charge in [-0.2, -0.15) is 0 Å². The molecule has 0 aliphatic heterocycles. The Morgan fingerprint density at radius 1 is 0.357 bits per heavy atom. The summed E-state index contributed by atoms with van der Waals surface area (Å²) in [6.07, 6.45) is 34.8. The Labute approximate surface area is 192 Å². The predicted octanol–water partition coefficient (Wildman–Crippen LogP) is 2.83. The maximum Gasteiger partial charge on any atom is 0.230 e. The second-order valence-corrected chi connectivity index (χ2v) is 5.68. The maximum absolute atomic E-state index is 11.6. The molecular weight excluding hydrogens is 432 g/mol. The molecule has 0 saturated heterocycles. The third-order valence-corrected chi connectivity index (χ3v) is 3.92. The Balaban J connectivity index is 0.000000271. The molecule has 0 heterocycles. The second-order valence-electron chi connectivity index (χ2n) is 5.68. The van der Waals surface area contributed by atoms with Crippen molar-refractivity contribution in [3.05, 3.63) is 159 Å². The zero-order chi connectivity index (χ0) is 18.2. The van der Waals surface area contributed by atoms with E-state index >= 15 is 0 Å². The van der Waals surface area contributed by atoms with Crippen LogP contribution in [0.15, 0.2) is 9.59 Å². The van der Waals surface area contributed by atoms with Crippen molar-refractivity contribution in [2.24, 2.45) is 0 Å². The summed E-state index contributed by atoms with van der Waals surface area (Å²) >= 11 is 0. The minimum Gasteiger partial charge on any atom is -0.285 e. The molecule has 2 nitrogen and oxygen atoms in total. The Kier molecular flexibility index (Phi) is 13.2. The van der Waals surface area contributed by atoms with Crippen molar-refractivity contribution in [2.45, 2.75) is 0 Å². The van der Waals surface area contributed by atoms with Crippen molar-refractivity contribution >= 4 is 0 Å². The van der Waals surface area contributed by atoms with E-state index in [2.05, 4.69) is 0 Å². The first-order valence-electron chi connectivity index (χ1n) is 8.40. The Morgan fingerprint density at radius 2 is 0.571 bits per heavy atom. The number of rotatable bonds is 2. The van der Waals surface area contributed by atoms with Gasteiger partial charge in [-0.05, 0) is 116 Å². The van der Waals surface area contributed by atoms with Crippen molar-refractivity contribution in [3.8, 4) is 0 Å². The molecule has 0 amide bonds. The van der Waals surface area contributed by atoms with Crippen LogP contribution in [0, 0.1) is 127 Å². The summed E-state index contributed by atoms with van der Waals surface area (Å²) in [5, 5.41) is 0. The normalized spacial score (nSPS) is 22.0. The maximum atomic E-state index is 11.6. The standard InChI is InChI=1S/C14H8O2.2C5H5.2Fe/c15-13-11(9-5-1-2-6-9)12(14(13)16)10-7-3-4-8-10;2*1-2-4-5-3-1;;/h1-8H;2*1-5H;;. The summed E-state index contributed by atoms with van der Waals surface area (Å²) in [6, 6.07) is 0.